The molecule has 1 heterocycles. The molecule has 0 aliphatic rings. The van der Waals surface area contributed by atoms with Crippen LogP contribution in [0.15, 0.2) is 6.20 Å². The topological polar surface area (TPSA) is 29.9 Å². The molecule has 0 saturated carbocycles. The van der Waals surface area contributed by atoms with Crippen LogP contribution in [0.3, 0.4) is 0 Å². The predicted octanol–water partition coefficient (Wildman–Crippen LogP) is 1.87. The summed E-state index contributed by atoms with van der Waals surface area (Å²) < 4.78 is 2.01. The van der Waals surface area contributed by atoms with E-state index in [0.29, 0.717) is 0 Å². The molecule has 1 aromatic heterocycles. The molecule has 1 rings (SSSR count). The van der Waals surface area contributed by atoms with Crippen molar-refractivity contribution < 1.29 is 0 Å². The molecule has 0 aliphatic carbocycles. The van der Waals surface area contributed by atoms with Gasteiger partial charge in [-0.2, -0.15) is 5.10 Å². The Kier molecular flexibility index (Phi) is 3.91. The second kappa shape index (κ2) is 4.79. The van der Waals surface area contributed by atoms with E-state index in [4.69, 9.17) is 0 Å². The van der Waals surface area contributed by atoms with E-state index in [2.05, 4.69) is 31.2 Å². The first-order valence-corrected chi connectivity index (χ1v) is 5.62. The maximum atomic E-state index is 4.36. The highest BCUT2D eigenvalue weighted by Crippen LogP contribution is 2.25. The Balaban J connectivity index is 2.80. The Bertz CT molecular complexity index is 307. The molecule has 0 unspecified atom stereocenters. The van der Waals surface area contributed by atoms with Crippen LogP contribution in [0.4, 0.5) is 0 Å². The second-order valence-electron chi connectivity index (χ2n) is 5.10. The normalized spacial score (nSPS) is 12.1. The summed E-state index contributed by atoms with van der Waals surface area (Å²) in [6.45, 7) is 7.79. The predicted molar refractivity (Wildman–Crippen MR) is 64.2 cm³/mol. The lowest BCUT2D eigenvalue weighted by molar-refractivity contribution is 0.516. The van der Waals surface area contributed by atoms with E-state index in [-0.39, 0.29) is 5.41 Å². The van der Waals surface area contributed by atoms with Gasteiger partial charge in [0.1, 0.15) is 0 Å². The van der Waals surface area contributed by atoms with Crippen LogP contribution >= 0.6 is 0 Å². The highest BCUT2D eigenvalue weighted by molar-refractivity contribution is 5.24. The molecule has 86 valence electrons. The lowest BCUT2D eigenvalue weighted by atomic mass is 9.88. The quantitative estimate of drug-likeness (QED) is 0.767. The number of rotatable bonds is 4. The van der Waals surface area contributed by atoms with E-state index in [1.807, 2.05) is 25.0 Å². The molecule has 0 amide bonds. The van der Waals surface area contributed by atoms with Crippen LogP contribution in [0, 0.1) is 0 Å². The maximum absolute atomic E-state index is 4.36. The lowest BCUT2D eigenvalue weighted by Crippen LogP contribution is -2.19. The first-order valence-electron chi connectivity index (χ1n) is 5.62. The molecule has 0 aliphatic heterocycles. The van der Waals surface area contributed by atoms with Gasteiger partial charge < -0.3 is 5.32 Å². The molecule has 0 radical (unpaired) electrons. The zero-order valence-corrected chi connectivity index (χ0v) is 10.6. The molecule has 0 bridgehead atoms. The third-order valence-corrected chi connectivity index (χ3v) is 2.60. The largest absolute Gasteiger partial charge is 0.320 e. The van der Waals surface area contributed by atoms with E-state index in [0.717, 1.165) is 13.0 Å². The molecule has 1 N–H and O–H groups in total. The number of nitrogens with zero attached hydrogens (tertiary/aromatic N) is 2. The summed E-state index contributed by atoms with van der Waals surface area (Å²) in [4.78, 5) is 0. The molecular formula is C12H23N3. The molecule has 0 fully saturated rings. The van der Waals surface area contributed by atoms with Crippen molar-refractivity contribution in [1.82, 2.24) is 15.1 Å². The minimum Gasteiger partial charge on any atom is -0.320 e. The van der Waals surface area contributed by atoms with Gasteiger partial charge in [-0.25, -0.2) is 0 Å². The summed E-state index contributed by atoms with van der Waals surface area (Å²) >= 11 is 0. The monoisotopic (exact) mass is 209 g/mol. The van der Waals surface area contributed by atoms with E-state index in [1.54, 1.807) is 0 Å². The maximum Gasteiger partial charge on any atom is 0.0524 e. The van der Waals surface area contributed by atoms with Gasteiger partial charge in [0, 0.05) is 18.2 Å². The van der Waals surface area contributed by atoms with Crippen molar-refractivity contribution in [3.63, 3.8) is 0 Å². The summed E-state index contributed by atoms with van der Waals surface area (Å²) in [5.74, 6) is 0. The van der Waals surface area contributed by atoms with Gasteiger partial charge in [0.25, 0.3) is 0 Å². The fourth-order valence-electron chi connectivity index (χ4n) is 2.09. The van der Waals surface area contributed by atoms with Crippen molar-refractivity contribution in [2.24, 2.45) is 7.05 Å². The van der Waals surface area contributed by atoms with Crippen LogP contribution < -0.4 is 5.32 Å². The summed E-state index contributed by atoms with van der Waals surface area (Å²) in [5, 5.41) is 7.53. The van der Waals surface area contributed by atoms with E-state index in [9.17, 15) is 0 Å². The fraction of sp³-hybridized carbons (Fsp3) is 0.750. The minimum atomic E-state index is 0.181. The van der Waals surface area contributed by atoms with E-state index >= 15 is 0 Å². The standard InChI is InChI=1S/C12H23N3/c1-12(2,3)11-10(7-6-8-13-4)9-14-15(11)5/h9,13H,6-8H2,1-5H3. The molecule has 3 nitrogen and oxygen atoms in total. The summed E-state index contributed by atoms with van der Waals surface area (Å²) in [5.41, 5.74) is 2.93. The number of aryl methyl sites for hydroxylation is 2. The summed E-state index contributed by atoms with van der Waals surface area (Å²) in [6, 6.07) is 0. The van der Waals surface area contributed by atoms with Crippen molar-refractivity contribution in [2.75, 3.05) is 13.6 Å². The van der Waals surface area contributed by atoms with Crippen molar-refractivity contribution >= 4 is 0 Å². The van der Waals surface area contributed by atoms with Gasteiger partial charge >= 0.3 is 0 Å². The minimum absolute atomic E-state index is 0.181. The van der Waals surface area contributed by atoms with Crippen molar-refractivity contribution in [2.45, 2.75) is 39.0 Å². The summed E-state index contributed by atoms with van der Waals surface area (Å²) in [7, 11) is 4.02. The van der Waals surface area contributed by atoms with Gasteiger partial charge in [-0.1, -0.05) is 20.8 Å². The van der Waals surface area contributed by atoms with Gasteiger partial charge in [-0.3, -0.25) is 4.68 Å². The smallest absolute Gasteiger partial charge is 0.0524 e. The first-order chi connectivity index (χ1) is 6.96. The molecule has 15 heavy (non-hydrogen) atoms. The fourth-order valence-corrected chi connectivity index (χ4v) is 2.09. The Hall–Kier alpha value is -0.830. The highest BCUT2D eigenvalue weighted by atomic mass is 15.3. The van der Waals surface area contributed by atoms with Crippen LogP contribution in [0.25, 0.3) is 0 Å². The third-order valence-electron chi connectivity index (χ3n) is 2.60. The van der Waals surface area contributed by atoms with Crippen LogP contribution in [0.1, 0.15) is 38.4 Å². The van der Waals surface area contributed by atoms with Crippen molar-refractivity contribution in [3.05, 3.63) is 17.5 Å². The average molecular weight is 209 g/mol. The number of aromatic nitrogens is 2. The van der Waals surface area contributed by atoms with Crippen LogP contribution in [0.2, 0.25) is 0 Å². The molecular weight excluding hydrogens is 186 g/mol. The van der Waals surface area contributed by atoms with Crippen LogP contribution in [0.5, 0.6) is 0 Å². The molecule has 0 spiro atoms. The van der Waals surface area contributed by atoms with Gasteiger partial charge in [0.2, 0.25) is 0 Å². The number of nitrogens with one attached hydrogen (secondary N) is 1. The van der Waals surface area contributed by atoms with Gasteiger partial charge in [0.15, 0.2) is 0 Å². The Labute approximate surface area is 92.9 Å². The molecule has 0 aromatic carbocycles. The first kappa shape index (κ1) is 12.2. The SMILES string of the molecule is CNCCCc1cnn(C)c1C(C)(C)C. The Morgan fingerprint density at radius 1 is 1.40 bits per heavy atom. The zero-order chi connectivity index (χ0) is 11.5. The van der Waals surface area contributed by atoms with Gasteiger partial charge in [-0.05, 0) is 32.0 Å². The Morgan fingerprint density at radius 3 is 2.60 bits per heavy atom. The lowest BCUT2D eigenvalue weighted by Gasteiger charge is -2.21. The number of hydrogen-bond acceptors (Lipinski definition) is 2. The highest BCUT2D eigenvalue weighted by Gasteiger charge is 2.21. The molecule has 0 saturated heterocycles. The van der Waals surface area contributed by atoms with Gasteiger partial charge in [0.05, 0.1) is 6.20 Å². The Morgan fingerprint density at radius 2 is 2.07 bits per heavy atom. The average Bonchev–Trinajstić information content (AvgIpc) is 2.47. The van der Waals surface area contributed by atoms with E-state index in [1.165, 1.54) is 17.7 Å². The molecule has 1 aromatic rings. The van der Waals surface area contributed by atoms with Crippen LogP contribution in [-0.2, 0) is 18.9 Å². The van der Waals surface area contributed by atoms with Crippen molar-refractivity contribution in [3.8, 4) is 0 Å². The van der Waals surface area contributed by atoms with Gasteiger partial charge in [-0.15, -0.1) is 0 Å². The van der Waals surface area contributed by atoms with Crippen LogP contribution in [-0.4, -0.2) is 23.4 Å². The molecule has 0 atom stereocenters. The summed E-state index contributed by atoms with van der Waals surface area (Å²) in [6.07, 6.45) is 4.29. The molecule has 3 heteroatoms. The third kappa shape index (κ3) is 3.06. The second-order valence-corrected chi connectivity index (χ2v) is 5.10. The number of hydrogen-bond donors (Lipinski definition) is 1. The van der Waals surface area contributed by atoms with Crippen molar-refractivity contribution in [1.29, 1.82) is 0 Å². The van der Waals surface area contributed by atoms with E-state index < -0.39 is 0 Å². The zero-order valence-electron chi connectivity index (χ0n) is 10.6.